The number of rotatable bonds is 6. The Morgan fingerprint density at radius 3 is 2.84 bits per heavy atom. The predicted octanol–water partition coefficient (Wildman–Crippen LogP) is 4.27. The Balaban J connectivity index is 1.78. The van der Waals surface area contributed by atoms with E-state index in [4.69, 9.17) is 11.6 Å². The summed E-state index contributed by atoms with van der Waals surface area (Å²) in [4.78, 5) is 35.1. The monoisotopic (exact) mass is 456 g/mol. The zero-order valence-electron chi connectivity index (χ0n) is 16.3. The molecule has 2 N–H and O–H groups in total. The molecule has 2 aromatic carbocycles. The van der Waals surface area contributed by atoms with Gasteiger partial charge in [0.05, 0.1) is 27.3 Å². The number of nitro benzene ring substituents is 1. The Labute approximate surface area is 187 Å². The number of carbonyl (C=O) groups is 2. The third-order valence-electron chi connectivity index (χ3n) is 4.64. The number of nitrogens with one attached hydrogen (secondary N) is 2. The summed E-state index contributed by atoms with van der Waals surface area (Å²) in [5.41, 5.74) is 2.06. The molecule has 10 heteroatoms. The fourth-order valence-corrected chi connectivity index (χ4v) is 4.14. The second-order valence-electron chi connectivity index (χ2n) is 6.81. The lowest BCUT2D eigenvalue weighted by molar-refractivity contribution is -0.384. The molecule has 0 unspecified atom stereocenters. The normalized spacial score (nSPS) is 15.8. The van der Waals surface area contributed by atoms with Crippen LogP contribution < -0.4 is 10.6 Å². The van der Waals surface area contributed by atoms with E-state index in [-0.39, 0.29) is 40.3 Å². The van der Waals surface area contributed by atoms with E-state index in [9.17, 15) is 25.0 Å². The first-order valence-corrected chi connectivity index (χ1v) is 10.5. The van der Waals surface area contributed by atoms with Gasteiger partial charge >= 0.3 is 0 Å². The number of nitro groups is 1. The summed E-state index contributed by atoms with van der Waals surface area (Å²) < 4.78 is 0. The highest BCUT2D eigenvalue weighted by atomic mass is 35.5. The molecule has 1 aliphatic rings. The van der Waals surface area contributed by atoms with Crippen LogP contribution in [-0.2, 0) is 9.59 Å². The van der Waals surface area contributed by atoms with Gasteiger partial charge in [0.15, 0.2) is 0 Å². The van der Waals surface area contributed by atoms with Crippen LogP contribution in [0.2, 0.25) is 5.02 Å². The topological polar surface area (TPSA) is 125 Å². The van der Waals surface area contributed by atoms with Gasteiger partial charge in [0.2, 0.25) is 11.8 Å². The van der Waals surface area contributed by atoms with Crippen LogP contribution >= 0.6 is 23.4 Å². The molecule has 1 heterocycles. The molecular weight excluding hydrogens is 440 g/mol. The number of thioether (sulfide) groups is 1. The third-order valence-corrected chi connectivity index (χ3v) is 6.07. The molecule has 158 valence electrons. The molecule has 0 bridgehead atoms. The molecule has 0 radical (unpaired) electrons. The van der Waals surface area contributed by atoms with Gasteiger partial charge in [-0.3, -0.25) is 19.7 Å². The van der Waals surface area contributed by atoms with Crippen LogP contribution in [0.25, 0.3) is 0 Å². The average molecular weight is 457 g/mol. The maximum Gasteiger partial charge on any atom is 0.269 e. The number of aryl methyl sites for hydroxylation is 1. The van der Waals surface area contributed by atoms with E-state index >= 15 is 0 Å². The Bertz CT molecular complexity index is 1140. The lowest BCUT2D eigenvalue weighted by Crippen LogP contribution is -2.31. The highest BCUT2D eigenvalue weighted by molar-refractivity contribution is 8.03. The fourth-order valence-electron chi connectivity index (χ4n) is 3.08. The SMILES string of the molecule is Cc1ccc(NC(=O)CSC2=C(C#N)[C@@H](c3cccc([N+](=O)[O-])c3)CC(=O)N2)cc1Cl. The molecule has 0 saturated carbocycles. The van der Waals surface area contributed by atoms with Crippen LogP contribution in [0.1, 0.15) is 23.5 Å². The Hall–Kier alpha value is -3.35. The van der Waals surface area contributed by atoms with E-state index in [0.717, 1.165) is 17.3 Å². The highest BCUT2D eigenvalue weighted by Crippen LogP contribution is 2.37. The molecule has 1 aliphatic heterocycles. The molecule has 1 atom stereocenters. The van der Waals surface area contributed by atoms with Crippen molar-refractivity contribution in [1.82, 2.24) is 5.32 Å². The second-order valence-corrected chi connectivity index (χ2v) is 8.21. The number of nitrogens with zero attached hydrogens (tertiary/aromatic N) is 2. The van der Waals surface area contributed by atoms with Crippen molar-refractivity contribution in [2.24, 2.45) is 0 Å². The first-order valence-electron chi connectivity index (χ1n) is 9.15. The number of allylic oxidation sites excluding steroid dienone is 1. The number of benzene rings is 2. The molecule has 31 heavy (non-hydrogen) atoms. The summed E-state index contributed by atoms with van der Waals surface area (Å²) in [7, 11) is 0. The van der Waals surface area contributed by atoms with Gasteiger partial charge < -0.3 is 10.6 Å². The largest absolute Gasteiger partial charge is 0.325 e. The number of hydrogen-bond acceptors (Lipinski definition) is 6. The lowest BCUT2D eigenvalue weighted by Gasteiger charge is -2.24. The molecule has 0 aliphatic carbocycles. The summed E-state index contributed by atoms with van der Waals surface area (Å²) in [5, 5.41) is 26.9. The van der Waals surface area contributed by atoms with Gasteiger partial charge in [-0.15, -0.1) is 0 Å². The molecule has 8 nitrogen and oxygen atoms in total. The average Bonchev–Trinajstić information content (AvgIpc) is 2.74. The molecule has 2 amide bonds. The van der Waals surface area contributed by atoms with Crippen molar-refractivity contribution in [2.75, 3.05) is 11.1 Å². The van der Waals surface area contributed by atoms with Gasteiger partial charge in [-0.25, -0.2) is 0 Å². The summed E-state index contributed by atoms with van der Waals surface area (Å²) in [6.07, 6.45) is -0.0117. The van der Waals surface area contributed by atoms with E-state index in [1.807, 2.05) is 6.92 Å². The number of anilines is 1. The Morgan fingerprint density at radius 1 is 1.39 bits per heavy atom. The summed E-state index contributed by atoms with van der Waals surface area (Å²) >= 11 is 7.09. The lowest BCUT2D eigenvalue weighted by atomic mass is 9.87. The van der Waals surface area contributed by atoms with E-state index < -0.39 is 10.8 Å². The Morgan fingerprint density at radius 2 is 2.16 bits per heavy atom. The first kappa shape index (κ1) is 22.3. The summed E-state index contributed by atoms with van der Waals surface area (Å²) in [6, 6.07) is 13.1. The quantitative estimate of drug-likeness (QED) is 0.494. The number of amides is 2. The molecule has 0 spiro atoms. The van der Waals surface area contributed by atoms with Crippen molar-refractivity contribution in [2.45, 2.75) is 19.3 Å². The van der Waals surface area contributed by atoms with Gasteiger partial charge in [-0.1, -0.05) is 41.6 Å². The van der Waals surface area contributed by atoms with Crippen LogP contribution in [0.15, 0.2) is 53.1 Å². The zero-order chi connectivity index (χ0) is 22.5. The van der Waals surface area contributed by atoms with Crippen molar-refractivity contribution in [1.29, 1.82) is 5.26 Å². The van der Waals surface area contributed by atoms with Gasteiger partial charge in [0.1, 0.15) is 0 Å². The van der Waals surface area contributed by atoms with E-state index in [1.165, 1.54) is 18.2 Å². The first-order chi connectivity index (χ1) is 14.8. The van der Waals surface area contributed by atoms with E-state index in [0.29, 0.717) is 16.3 Å². The van der Waals surface area contributed by atoms with Crippen LogP contribution in [0.3, 0.4) is 0 Å². The Kier molecular flexibility index (Phi) is 6.95. The van der Waals surface area contributed by atoms with Gasteiger partial charge in [-0.2, -0.15) is 5.26 Å². The van der Waals surface area contributed by atoms with E-state index in [2.05, 4.69) is 16.7 Å². The van der Waals surface area contributed by atoms with Crippen molar-refractivity contribution >= 4 is 46.6 Å². The third kappa shape index (κ3) is 5.42. The minimum absolute atomic E-state index is 0.0117. The van der Waals surface area contributed by atoms with Gasteiger partial charge in [0.25, 0.3) is 5.69 Å². The second kappa shape index (κ2) is 9.64. The molecule has 0 fully saturated rings. The highest BCUT2D eigenvalue weighted by Gasteiger charge is 2.30. The summed E-state index contributed by atoms with van der Waals surface area (Å²) in [6.45, 7) is 1.85. The van der Waals surface area contributed by atoms with Crippen molar-refractivity contribution in [3.8, 4) is 6.07 Å². The number of non-ortho nitro benzene ring substituents is 1. The zero-order valence-corrected chi connectivity index (χ0v) is 17.9. The molecule has 0 saturated heterocycles. The van der Waals surface area contributed by atoms with Crippen molar-refractivity contribution in [3.63, 3.8) is 0 Å². The standard InChI is InChI=1S/C21H17ClN4O4S/c1-12-5-6-14(8-18(12)22)24-20(28)11-31-21-17(10-23)16(9-19(27)25-21)13-3-2-4-15(7-13)26(29)30/h2-8,16H,9,11H2,1H3,(H,24,28)(H,25,27)/t16-/m1/s1. The predicted molar refractivity (Wildman–Crippen MR) is 119 cm³/mol. The maximum atomic E-state index is 12.3. The number of carbonyl (C=O) groups excluding carboxylic acids is 2. The van der Waals surface area contributed by atoms with Gasteiger partial charge in [-0.05, 0) is 30.2 Å². The molecule has 3 rings (SSSR count). The minimum Gasteiger partial charge on any atom is -0.325 e. The van der Waals surface area contributed by atoms with Crippen LogP contribution in [0, 0.1) is 28.4 Å². The minimum atomic E-state index is -0.625. The number of hydrogen-bond donors (Lipinski definition) is 2. The van der Waals surface area contributed by atoms with Crippen LogP contribution in [0.4, 0.5) is 11.4 Å². The molecular formula is C21H17ClN4O4S. The maximum absolute atomic E-state index is 12.3. The van der Waals surface area contributed by atoms with Crippen LogP contribution in [-0.4, -0.2) is 22.5 Å². The van der Waals surface area contributed by atoms with Gasteiger partial charge in [0, 0.05) is 35.2 Å². The van der Waals surface area contributed by atoms with Crippen LogP contribution in [0.5, 0.6) is 0 Å². The van der Waals surface area contributed by atoms with E-state index in [1.54, 1.807) is 24.3 Å². The number of halogens is 1. The van der Waals surface area contributed by atoms with Crippen molar-refractivity contribution in [3.05, 3.63) is 79.3 Å². The smallest absolute Gasteiger partial charge is 0.269 e. The molecule has 2 aromatic rings. The summed E-state index contributed by atoms with van der Waals surface area (Å²) in [5.74, 6) is -1.33. The van der Waals surface area contributed by atoms with Crippen molar-refractivity contribution < 1.29 is 14.5 Å². The fraction of sp³-hybridized carbons (Fsp3) is 0.190. The number of nitriles is 1. The molecule has 0 aromatic heterocycles.